The summed E-state index contributed by atoms with van der Waals surface area (Å²) in [4.78, 5) is 23.1. The number of fused-ring (bicyclic) bond motifs is 1. The standard InChI is InChI=1S/C20H20N4O4/c1-24(2)11-13-7-15(10-21-9-13)23-20(25)18-19(28-12-22-18)14-3-4-16-17(8-14)27-6-5-26-16/h3-4,7-10,12H,5-6,11H2,1-2H3,(H,23,25). The van der Waals surface area contributed by atoms with Gasteiger partial charge in [0.2, 0.25) is 0 Å². The van der Waals surface area contributed by atoms with E-state index in [-0.39, 0.29) is 11.6 Å². The Labute approximate surface area is 162 Å². The molecule has 1 aliphatic heterocycles. The van der Waals surface area contributed by atoms with Crippen LogP contribution in [0.2, 0.25) is 0 Å². The molecule has 0 unspecified atom stereocenters. The Morgan fingerprint density at radius 2 is 1.96 bits per heavy atom. The van der Waals surface area contributed by atoms with Crippen molar-refractivity contribution < 1.29 is 18.7 Å². The number of anilines is 1. The lowest BCUT2D eigenvalue weighted by atomic mass is 10.1. The first kappa shape index (κ1) is 18.0. The maximum atomic E-state index is 12.8. The molecule has 0 fully saturated rings. The number of hydrogen-bond donors (Lipinski definition) is 1. The number of benzene rings is 1. The van der Waals surface area contributed by atoms with Crippen molar-refractivity contribution >= 4 is 11.6 Å². The fourth-order valence-corrected chi connectivity index (χ4v) is 3.00. The molecule has 28 heavy (non-hydrogen) atoms. The number of aromatic nitrogens is 2. The first-order valence-corrected chi connectivity index (χ1v) is 8.83. The van der Waals surface area contributed by atoms with Crippen molar-refractivity contribution in [2.24, 2.45) is 0 Å². The van der Waals surface area contributed by atoms with Gasteiger partial charge in [-0.15, -0.1) is 0 Å². The van der Waals surface area contributed by atoms with E-state index in [1.54, 1.807) is 24.5 Å². The van der Waals surface area contributed by atoms with Crippen LogP contribution in [-0.4, -0.2) is 48.1 Å². The van der Waals surface area contributed by atoms with Gasteiger partial charge in [0.05, 0.1) is 11.9 Å². The van der Waals surface area contributed by atoms with Crippen molar-refractivity contribution in [1.29, 1.82) is 0 Å². The lowest BCUT2D eigenvalue weighted by Gasteiger charge is -2.18. The van der Waals surface area contributed by atoms with Crippen LogP contribution in [0.5, 0.6) is 11.5 Å². The molecule has 144 valence electrons. The first-order chi connectivity index (χ1) is 13.6. The highest BCUT2D eigenvalue weighted by molar-refractivity contribution is 6.06. The summed E-state index contributed by atoms with van der Waals surface area (Å²) in [6, 6.07) is 7.27. The van der Waals surface area contributed by atoms with E-state index >= 15 is 0 Å². The summed E-state index contributed by atoms with van der Waals surface area (Å²) in [5.41, 5.74) is 2.47. The lowest BCUT2D eigenvalue weighted by molar-refractivity contribution is 0.102. The third kappa shape index (κ3) is 3.81. The molecule has 0 spiro atoms. The number of ether oxygens (including phenoxy) is 2. The molecule has 3 heterocycles. The van der Waals surface area contributed by atoms with Gasteiger partial charge in [0.25, 0.3) is 5.91 Å². The largest absolute Gasteiger partial charge is 0.486 e. The molecule has 8 nitrogen and oxygen atoms in total. The van der Waals surface area contributed by atoms with Crippen LogP contribution in [0.4, 0.5) is 5.69 Å². The van der Waals surface area contributed by atoms with Crippen LogP contribution in [0.15, 0.2) is 47.5 Å². The number of nitrogens with zero attached hydrogens (tertiary/aromatic N) is 3. The van der Waals surface area contributed by atoms with Crippen LogP contribution in [0.25, 0.3) is 11.3 Å². The fraction of sp³-hybridized carbons (Fsp3) is 0.250. The molecule has 0 aliphatic carbocycles. The Morgan fingerprint density at radius 1 is 1.14 bits per heavy atom. The van der Waals surface area contributed by atoms with Gasteiger partial charge in [-0.25, -0.2) is 4.98 Å². The number of rotatable bonds is 5. The minimum absolute atomic E-state index is 0.190. The highest BCUT2D eigenvalue weighted by Gasteiger charge is 2.21. The zero-order valence-corrected chi connectivity index (χ0v) is 15.6. The van der Waals surface area contributed by atoms with Crippen molar-refractivity contribution in [3.63, 3.8) is 0 Å². The van der Waals surface area contributed by atoms with Crippen LogP contribution >= 0.6 is 0 Å². The number of pyridine rings is 1. The van der Waals surface area contributed by atoms with Gasteiger partial charge in [0.1, 0.15) is 13.2 Å². The van der Waals surface area contributed by atoms with Crippen molar-refractivity contribution in [1.82, 2.24) is 14.9 Å². The van der Waals surface area contributed by atoms with E-state index in [2.05, 4.69) is 15.3 Å². The highest BCUT2D eigenvalue weighted by atomic mass is 16.6. The summed E-state index contributed by atoms with van der Waals surface area (Å²) in [7, 11) is 3.94. The number of hydrogen-bond acceptors (Lipinski definition) is 7. The fourth-order valence-electron chi connectivity index (χ4n) is 3.00. The van der Waals surface area contributed by atoms with Gasteiger partial charge in [-0.1, -0.05) is 0 Å². The molecule has 0 radical (unpaired) electrons. The molecule has 8 heteroatoms. The van der Waals surface area contributed by atoms with E-state index in [4.69, 9.17) is 13.9 Å². The Hall–Kier alpha value is -3.39. The Morgan fingerprint density at radius 3 is 2.79 bits per heavy atom. The van der Waals surface area contributed by atoms with E-state index in [1.165, 1.54) is 6.39 Å². The Balaban J connectivity index is 1.56. The van der Waals surface area contributed by atoms with Crippen LogP contribution < -0.4 is 14.8 Å². The van der Waals surface area contributed by atoms with Gasteiger partial charge in [-0.3, -0.25) is 9.78 Å². The second-order valence-electron chi connectivity index (χ2n) is 6.66. The van der Waals surface area contributed by atoms with E-state index in [0.29, 0.717) is 41.7 Å². The van der Waals surface area contributed by atoms with Gasteiger partial charge in [-0.2, -0.15) is 0 Å². The quantitative estimate of drug-likeness (QED) is 0.728. The molecule has 1 amide bonds. The third-order valence-electron chi connectivity index (χ3n) is 4.14. The Bertz CT molecular complexity index is 999. The number of carbonyl (C=O) groups is 1. The van der Waals surface area contributed by atoms with Crippen LogP contribution in [0.1, 0.15) is 16.1 Å². The van der Waals surface area contributed by atoms with E-state index in [0.717, 1.165) is 12.1 Å². The van der Waals surface area contributed by atoms with Crippen LogP contribution in [-0.2, 0) is 6.54 Å². The summed E-state index contributed by atoms with van der Waals surface area (Å²) in [5.74, 6) is 1.28. The topological polar surface area (TPSA) is 89.7 Å². The normalized spacial score (nSPS) is 12.8. The maximum Gasteiger partial charge on any atom is 0.278 e. The zero-order valence-electron chi connectivity index (χ0n) is 15.6. The average Bonchev–Trinajstić information content (AvgIpc) is 3.17. The second kappa shape index (κ2) is 7.69. The van der Waals surface area contributed by atoms with Crippen molar-refractivity contribution in [3.05, 3.63) is 54.3 Å². The zero-order chi connectivity index (χ0) is 19.5. The van der Waals surface area contributed by atoms with Gasteiger partial charge in [0, 0.05) is 18.3 Å². The van der Waals surface area contributed by atoms with Crippen molar-refractivity contribution in [2.45, 2.75) is 6.54 Å². The second-order valence-corrected chi connectivity index (χ2v) is 6.66. The number of nitrogens with one attached hydrogen (secondary N) is 1. The van der Waals surface area contributed by atoms with Crippen molar-refractivity contribution in [3.8, 4) is 22.8 Å². The molecular formula is C20H20N4O4. The minimum Gasteiger partial charge on any atom is -0.486 e. The highest BCUT2D eigenvalue weighted by Crippen LogP contribution is 2.35. The molecule has 0 saturated heterocycles. The number of amides is 1. The predicted octanol–water partition coefficient (Wildman–Crippen LogP) is 2.82. The molecule has 1 aromatic carbocycles. The molecule has 2 aromatic heterocycles. The summed E-state index contributed by atoms with van der Waals surface area (Å²) in [5, 5.41) is 2.83. The summed E-state index contributed by atoms with van der Waals surface area (Å²) >= 11 is 0. The molecule has 0 saturated carbocycles. The maximum absolute atomic E-state index is 12.8. The van der Waals surface area contributed by atoms with E-state index in [1.807, 2.05) is 31.1 Å². The molecule has 0 bridgehead atoms. The van der Waals surface area contributed by atoms with E-state index < -0.39 is 0 Å². The molecule has 1 aliphatic rings. The summed E-state index contributed by atoms with van der Waals surface area (Å²) < 4.78 is 16.6. The molecule has 0 atom stereocenters. The molecular weight excluding hydrogens is 360 g/mol. The smallest absolute Gasteiger partial charge is 0.278 e. The lowest BCUT2D eigenvalue weighted by Crippen LogP contribution is -2.16. The Kier molecular flexibility index (Phi) is 4.94. The average molecular weight is 380 g/mol. The molecule has 3 aromatic rings. The van der Waals surface area contributed by atoms with Crippen molar-refractivity contribution in [2.75, 3.05) is 32.6 Å². The van der Waals surface area contributed by atoms with Gasteiger partial charge in [0.15, 0.2) is 29.3 Å². The van der Waals surface area contributed by atoms with Gasteiger partial charge in [-0.05, 0) is 43.9 Å². The molecule has 1 N–H and O–H groups in total. The number of oxazole rings is 1. The van der Waals surface area contributed by atoms with Gasteiger partial charge < -0.3 is 24.1 Å². The van der Waals surface area contributed by atoms with Crippen LogP contribution in [0, 0.1) is 0 Å². The minimum atomic E-state index is -0.373. The summed E-state index contributed by atoms with van der Waals surface area (Å²) in [6.07, 6.45) is 4.62. The third-order valence-corrected chi connectivity index (χ3v) is 4.14. The van der Waals surface area contributed by atoms with Crippen LogP contribution in [0.3, 0.4) is 0 Å². The predicted molar refractivity (Wildman–Crippen MR) is 103 cm³/mol. The first-order valence-electron chi connectivity index (χ1n) is 8.83. The monoisotopic (exact) mass is 380 g/mol. The SMILES string of the molecule is CN(C)Cc1cncc(NC(=O)c2ncoc2-c2ccc3c(c2)OCCO3)c1. The van der Waals surface area contributed by atoms with Gasteiger partial charge >= 0.3 is 0 Å². The summed E-state index contributed by atoms with van der Waals surface area (Å²) in [6.45, 7) is 1.73. The van der Waals surface area contributed by atoms with E-state index in [9.17, 15) is 4.79 Å². The number of carbonyl (C=O) groups excluding carboxylic acids is 1. The molecule has 4 rings (SSSR count).